The van der Waals surface area contributed by atoms with Crippen LogP contribution in [0.3, 0.4) is 0 Å². The van der Waals surface area contributed by atoms with Crippen LogP contribution in [-0.4, -0.2) is 17.4 Å². The van der Waals surface area contributed by atoms with E-state index in [-0.39, 0.29) is 11.7 Å². The van der Waals surface area contributed by atoms with E-state index in [1.165, 1.54) is 11.8 Å². The number of thioether (sulfide) groups is 1. The molecule has 0 bridgehead atoms. The van der Waals surface area contributed by atoms with Crippen LogP contribution in [0.1, 0.15) is 18.4 Å². The number of ketones is 1. The van der Waals surface area contributed by atoms with Crippen LogP contribution in [0, 0.1) is 0 Å². The normalized spacial score (nSPS) is 22.2. The molecule has 1 aliphatic heterocycles. The number of nitrogens with zero attached hydrogens (tertiary/aromatic N) is 1. The number of carbonyl (C=O) groups is 2. The van der Waals surface area contributed by atoms with Gasteiger partial charge in [-0.15, -0.1) is 0 Å². The third kappa shape index (κ3) is 3.05. The van der Waals surface area contributed by atoms with E-state index in [0.29, 0.717) is 12.2 Å². The number of allylic oxidation sites excluding steroid dienone is 2. The van der Waals surface area contributed by atoms with Crippen molar-refractivity contribution >= 4 is 35.2 Å². The van der Waals surface area contributed by atoms with E-state index >= 15 is 0 Å². The lowest BCUT2D eigenvalue weighted by molar-refractivity contribution is -0.115. The fourth-order valence-corrected chi connectivity index (χ4v) is 4.30. The summed E-state index contributed by atoms with van der Waals surface area (Å²) < 4.78 is 0. The molecule has 1 aliphatic carbocycles. The summed E-state index contributed by atoms with van der Waals surface area (Å²) in [6.45, 7) is 0. The Bertz CT molecular complexity index is 885. The number of rotatable bonds is 2. The highest BCUT2D eigenvalue weighted by Gasteiger charge is 2.35. The van der Waals surface area contributed by atoms with Crippen LogP contribution in [-0.2, 0) is 9.59 Å². The standard InChI is InChI=1S/C21H17NO2S/c23-19-14-25-21(22(19)17-9-5-2-6-10-17)18-12-11-16(20(18)24)13-15-7-3-1-4-8-15/h1-10,13H,11-12,14H2. The highest BCUT2D eigenvalue weighted by atomic mass is 32.2. The Morgan fingerprint density at radius 2 is 1.56 bits per heavy atom. The summed E-state index contributed by atoms with van der Waals surface area (Å²) in [5.41, 5.74) is 3.45. The molecule has 25 heavy (non-hydrogen) atoms. The minimum absolute atomic E-state index is 0.0342. The molecule has 2 aromatic rings. The second-order valence-electron chi connectivity index (χ2n) is 6.05. The number of hydrogen-bond donors (Lipinski definition) is 0. The predicted octanol–water partition coefficient (Wildman–Crippen LogP) is 4.42. The Hall–Kier alpha value is -2.59. The molecular weight excluding hydrogens is 330 g/mol. The molecule has 1 saturated carbocycles. The maximum Gasteiger partial charge on any atom is 0.242 e. The van der Waals surface area contributed by atoms with Crippen LogP contribution < -0.4 is 4.90 Å². The molecule has 0 unspecified atom stereocenters. The molecular formula is C21H17NO2S. The van der Waals surface area contributed by atoms with Crippen molar-refractivity contribution in [1.82, 2.24) is 0 Å². The molecule has 1 saturated heterocycles. The van der Waals surface area contributed by atoms with Gasteiger partial charge >= 0.3 is 0 Å². The molecule has 4 heteroatoms. The monoisotopic (exact) mass is 347 g/mol. The molecule has 0 aromatic heterocycles. The number of Topliss-reactive ketones (excluding diaryl/α,β-unsaturated/α-hetero) is 1. The molecule has 1 heterocycles. The molecule has 0 spiro atoms. The smallest absolute Gasteiger partial charge is 0.242 e. The van der Waals surface area contributed by atoms with Gasteiger partial charge in [-0.3, -0.25) is 14.5 Å². The fourth-order valence-electron chi connectivity index (χ4n) is 3.21. The average molecular weight is 347 g/mol. The second kappa shape index (κ2) is 6.73. The van der Waals surface area contributed by atoms with Crippen LogP contribution >= 0.6 is 11.8 Å². The van der Waals surface area contributed by atoms with Gasteiger partial charge in [-0.2, -0.15) is 0 Å². The van der Waals surface area contributed by atoms with Crippen molar-refractivity contribution in [3.8, 4) is 0 Å². The van der Waals surface area contributed by atoms with Gasteiger partial charge < -0.3 is 0 Å². The zero-order valence-corrected chi connectivity index (χ0v) is 14.5. The van der Waals surface area contributed by atoms with E-state index in [2.05, 4.69) is 0 Å². The molecule has 1 amide bonds. The summed E-state index contributed by atoms with van der Waals surface area (Å²) in [6, 6.07) is 19.4. The Morgan fingerprint density at radius 1 is 0.880 bits per heavy atom. The molecule has 3 nitrogen and oxygen atoms in total. The highest BCUT2D eigenvalue weighted by molar-refractivity contribution is 8.04. The van der Waals surface area contributed by atoms with E-state index in [9.17, 15) is 9.59 Å². The summed E-state index contributed by atoms with van der Waals surface area (Å²) >= 11 is 1.47. The zero-order chi connectivity index (χ0) is 17.2. The molecule has 2 aliphatic rings. The van der Waals surface area contributed by atoms with Crippen LogP contribution in [0.5, 0.6) is 0 Å². The van der Waals surface area contributed by atoms with Gasteiger partial charge in [-0.05, 0) is 36.6 Å². The van der Waals surface area contributed by atoms with Gasteiger partial charge in [0.25, 0.3) is 0 Å². The summed E-state index contributed by atoms with van der Waals surface area (Å²) in [7, 11) is 0. The third-order valence-corrected chi connectivity index (χ3v) is 5.50. The number of amides is 1. The first kappa shape index (κ1) is 15.9. The number of hydrogen-bond acceptors (Lipinski definition) is 3. The van der Waals surface area contributed by atoms with Crippen LogP contribution in [0.25, 0.3) is 6.08 Å². The first-order valence-electron chi connectivity index (χ1n) is 8.28. The summed E-state index contributed by atoms with van der Waals surface area (Å²) in [5, 5.41) is 0.803. The number of anilines is 1. The van der Waals surface area contributed by atoms with Crippen molar-refractivity contribution in [3.63, 3.8) is 0 Å². The Labute approximate surface area is 151 Å². The Kier molecular flexibility index (Phi) is 4.28. The van der Waals surface area contributed by atoms with Gasteiger partial charge in [0.1, 0.15) is 0 Å². The van der Waals surface area contributed by atoms with E-state index in [0.717, 1.165) is 33.8 Å². The average Bonchev–Trinajstić information content (AvgIpc) is 3.20. The first-order chi connectivity index (χ1) is 12.2. The lowest BCUT2D eigenvalue weighted by atomic mass is 10.1. The lowest BCUT2D eigenvalue weighted by Gasteiger charge is -2.18. The van der Waals surface area contributed by atoms with Crippen molar-refractivity contribution in [2.24, 2.45) is 0 Å². The van der Waals surface area contributed by atoms with Gasteiger partial charge in [-0.25, -0.2) is 0 Å². The maximum absolute atomic E-state index is 12.9. The fraction of sp³-hybridized carbons (Fsp3) is 0.143. The molecule has 124 valence electrons. The molecule has 2 fully saturated rings. The molecule has 4 rings (SSSR count). The van der Waals surface area contributed by atoms with Crippen molar-refractivity contribution < 1.29 is 9.59 Å². The molecule has 0 N–H and O–H groups in total. The van der Waals surface area contributed by atoms with Crippen molar-refractivity contribution in [1.29, 1.82) is 0 Å². The van der Waals surface area contributed by atoms with Crippen LogP contribution in [0.4, 0.5) is 5.69 Å². The van der Waals surface area contributed by atoms with Gasteiger partial charge in [0.15, 0.2) is 5.78 Å². The SMILES string of the molecule is O=C1C(=Cc2ccccc2)CCC1=C1SCC(=O)N1c1ccccc1. The minimum Gasteiger partial charge on any atom is -0.289 e. The summed E-state index contributed by atoms with van der Waals surface area (Å²) in [5.74, 6) is 0.493. The van der Waals surface area contributed by atoms with Crippen molar-refractivity contribution in [3.05, 3.63) is 82.4 Å². The van der Waals surface area contributed by atoms with Crippen LogP contribution in [0.2, 0.25) is 0 Å². The topological polar surface area (TPSA) is 37.4 Å². The van der Waals surface area contributed by atoms with Crippen molar-refractivity contribution in [2.75, 3.05) is 10.7 Å². The molecule has 2 aromatic carbocycles. The van der Waals surface area contributed by atoms with E-state index < -0.39 is 0 Å². The van der Waals surface area contributed by atoms with Crippen molar-refractivity contribution in [2.45, 2.75) is 12.8 Å². The third-order valence-electron chi connectivity index (χ3n) is 4.41. The Morgan fingerprint density at radius 3 is 2.28 bits per heavy atom. The summed E-state index contributed by atoms with van der Waals surface area (Å²) in [6.07, 6.45) is 3.38. The largest absolute Gasteiger partial charge is 0.289 e. The van der Waals surface area contributed by atoms with Gasteiger partial charge in [-0.1, -0.05) is 60.3 Å². The maximum atomic E-state index is 12.9. The molecule has 0 atom stereocenters. The number of carbonyl (C=O) groups excluding carboxylic acids is 2. The first-order valence-corrected chi connectivity index (χ1v) is 9.27. The van der Waals surface area contributed by atoms with E-state index in [1.807, 2.05) is 66.7 Å². The second-order valence-corrected chi connectivity index (χ2v) is 7.01. The lowest BCUT2D eigenvalue weighted by Crippen LogP contribution is -2.25. The van der Waals surface area contributed by atoms with E-state index in [4.69, 9.17) is 0 Å². The highest BCUT2D eigenvalue weighted by Crippen LogP contribution is 2.41. The van der Waals surface area contributed by atoms with Gasteiger partial charge in [0, 0.05) is 16.8 Å². The molecule has 0 radical (unpaired) electrons. The predicted molar refractivity (Wildman–Crippen MR) is 102 cm³/mol. The number of para-hydroxylation sites is 1. The minimum atomic E-state index is 0.0342. The quantitative estimate of drug-likeness (QED) is 0.755. The Balaban J connectivity index is 1.70. The zero-order valence-electron chi connectivity index (χ0n) is 13.6. The van der Waals surface area contributed by atoms with E-state index in [1.54, 1.807) is 4.90 Å². The van der Waals surface area contributed by atoms with Crippen LogP contribution in [0.15, 0.2) is 76.8 Å². The number of benzene rings is 2. The van der Waals surface area contributed by atoms with Gasteiger partial charge in [0.05, 0.1) is 10.8 Å². The summed E-state index contributed by atoms with van der Waals surface area (Å²) in [4.78, 5) is 27.0. The van der Waals surface area contributed by atoms with Gasteiger partial charge in [0.2, 0.25) is 5.91 Å².